The van der Waals surface area contributed by atoms with Crippen LogP contribution >= 0.6 is 22.7 Å². The monoisotopic (exact) mass is 306 g/mol. The fourth-order valence-corrected chi connectivity index (χ4v) is 5.92. The SMILES string of the molecule is CC12Cc3ccsc3C1=C(c1cccs1)c1ccccc12. The van der Waals surface area contributed by atoms with E-state index in [4.69, 9.17) is 0 Å². The van der Waals surface area contributed by atoms with Gasteiger partial charge in [-0.1, -0.05) is 37.3 Å². The second-order valence-corrected chi connectivity index (χ2v) is 7.92. The van der Waals surface area contributed by atoms with Crippen molar-refractivity contribution in [3.8, 4) is 0 Å². The number of rotatable bonds is 1. The minimum atomic E-state index is 0.165. The zero-order valence-electron chi connectivity index (χ0n) is 11.7. The maximum absolute atomic E-state index is 2.43. The third-order valence-electron chi connectivity index (χ3n) is 4.88. The van der Waals surface area contributed by atoms with E-state index in [2.05, 4.69) is 60.1 Å². The van der Waals surface area contributed by atoms with Gasteiger partial charge in [-0.15, -0.1) is 22.7 Å². The number of hydrogen-bond donors (Lipinski definition) is 0. The van der Waals surface area contributed by atoms with E-state index in [0.29, 0.717) is 0 Å². The van der Waals surface area contributed by atoms with Crippen LogP contribution in [0.3, 0.4) is 0 Å². The summed E-state index contributed by atoms with van der Waals surface area (Å²) in [5.41, 5.74) is 7.68. The Morgan fingerprint density at radius 2 is 1.86 bits per heavy atom. The smallest absolute Gasteiger partial charge is 0.0352 e. The van der Waals surface area contributed by atoms with Crippen LogP contribution in [-0.4, -0.2) is 0 Å². The first kappa shape index (κ1) is 12.0. The van der Waals surface area contributed by atoms with Gasteiger partial charge in [-0.05, 0) is 51.6 Å². The van der Waals surface area contributed by atoms with Crippen LogP contribution in [0.5, 0.6) is 0 Å². The predicted octanol–water partition coefficient (Wildman–Crippen LogP) is 5.60. The van der Waals surface area contributed by atoms with Gasteiger partial charge in [0.1, 0.15) is 0 Å². The van der Waals surface area contributed by atoms with E-state index in [1.54, 1.807) is 5.57 Å². The molecule has 5 rings (SSSR count). The van der Waals surface area contributed by atoms with Crippen LogP contribution in [0.15, 0.2) is 53.2 Å². The molecule has 21 heavy (non-hydrogen) atoms. The standard InChI is InChI=1S/C19H14S2/c1-19-11-12-8-10-21-18(12)17(19)16(15-7-4-9-20-15)13-5-2-3-6-14(13)19/h2-10H,11H2,1H3. The minimum Gasteiger partial charge on any atom is -0.144 e. The molecule has 2 aromatic heterocycles. The second kappa shape index (κ2) is 3.96. The molecule has 2 aliphatic carbocycles. The first-order valence-electron chi connectivity index (χ1n) is 7.24. The lowest BCUT2D eigenvalue weighted by Gasteiger charge is -2.23. The molecule has 2 heteroatoms. The molecule has 0 aliphatic heterocycles. The molecule has 3 aromatic rings. The van der Waals surface area contributed by atoms with Crippen molar-refractivity contribution in [2.75, 3.05) is 0 Å². The van der Waals surface area contributed by atoms with Gasteiger partial charge in [-0.3, -0.25) is 0 Å². The topological polar surface area (TPSA) is 0 Å². The van der Waals surface area contributed by atoms with Crippen molar-refractivity contribution >= 4 is 33.8 Å². The van der Waals surface area contributed by atoms with Crippen molar-refractivity contribution in [2.45, 2.75) is 18.8 Å². The fourth-order valence-electron chi connectivity index (χ4n) is 4.03. The van der Waals surface area contributed by atoms with E-state index < -0.39 is 0 Å². The van der Waals surface area contributed by atoms with Crippen molar-refractivity contribution in [3.63, 3.8) is 0 Å². The Morgan fingerprint density at radius 3 is 2.71 bits per heavy atom. The van der Waals surface area contributed by atoms with Gasteiger partial charge in [0.2, 0.25) is 0 Å². The van der Waals surface area contributed by atoms with Crippen LogP contribution in [0.2, 0.25) is 0 Å². The zero-order chi connectivity index (χ0) is 14.0. The van der Waals surface area contributed by atoms with Crippen LogP contribution in [0.4, 0.5) is 0 Å². The summed E-state index contributed by atoms with van der Waals surface area (Å²) >= 11 is 3.76. The molecule has 0 saturated carbocycles. The van der Waals surface area contributed by atoms with Crippen molar-refractivity contribution in [3.05, 3.63) is 79.7 Å². The Morgan fingerprint density at radius 1 is 0.952 bits per heavy atom. The normalized spacial score (nSPS) is 22.3. The van der Waals surface area contributed by atoms with Gasteiger partial charge in [-0.25, -0.2) is 0 Å². The van der Waals surface area contributed by atoms with Crippen molar-refractivity contribution in [2.24, 2.45) is 0 Å². The van der Waals surface area contributed by atoms with Crippen molar-refractivity contribution in [1.29, 1.82) is 0 Å². The Bertz CT molecular complexity index is 880. The van der Waals surface area contributed by atoms with Gasteiger partial charge in [0, 0.05) is 20.7 Å². The molecule has 0 nitrogen and oxygen atoms in total. The molecule has 0 radical (unpaired) electrons. The zero-order valence-corrected chi connectivity index (χ0v) is 13.4. The van der Waals surface area contributed by atoms with Gasteiger partial charge >= 0.3 is 0 Å². The fraction of sp³-hybridized carbons (Fsp3) is 0.158. The van der Waals surface area contributed by atoms with Gasteiger partial charge < -0.3 is 0 Å². The molecular weight excluding hydrogens is 292 g/mol. The maximum Gasteiger partial charge on any atom is 0.0352 e. The van der Waals surface area contributed by atoms with Crippen LogP contribution in [-0.2, 0) is 11.8 Å². The highest BCUT2D eigenvalue weighted by molar-refractivity contribution is 7.12. The Kier molecular flexibility index (Phi) is 2.26. The van der Waals surface area contributed by atoms with Gasteiger partial charge in [-0.2, -0.15) is 0 Å². The van der Waals surface area contributed by atoms with E-state index in [1.165, 1.54) is 32.0 Å². The summed E-state index contributed by atoms with van der Waals surface area (Å²) in [5, 5.41) is 4.43. The lowest BCUT2D eigenvalue weighted by atomic mass is 9.80. The van der Waals surface area contributed by atoms with Crippen molar-refractivity contribution < 1.29 is 0 Å². The van der Waals surface area contributed by atoms with Crippen LogP contribution in [0.25, 0.3) is 11.1 Å². The molecule has 0 amide bonds. The molecule has 2 heterocycles. The van der Waals surface area contributed by atoms with Gasteiger partial charge in [0.25, 0.3) is 0 Å². The maximum atomic E-state index is 2.43. The number of fused-ring (bicyclic) bond motifs is 5. The van der Waals surface area contributed by atoms with E-state index in [-0.39, 0.29) is 5.41 Å². The first-order chi connectivity index (χ1) is 10.3. The average molecular weight is 306 g/mol. The summed E-state index contributed by atoms with van der Waals surface area (Å²) in [5.74, 6) is 0. The van der Waals surface area contributed by atoms with Gasteiger partial charge in [0.05, 0.1) is 0 Å². The molecule has 1 atom stereocenters. The third kappa shape index (κ3) is 1.39. The molecule has 102 valence electrons. The van der Waals surface area contributed by atoms with Crippen LogP contribution in [0.1, 0.15) is 33.4 Å². The quantitative estimate of drug-likeness (QED) is 0.549. The summed E-state index contributed by atoms with van der Waals surface area (Å²) in [7, 11) is 0. The number of benzene rings is 1. The van der Waals surface area contributed by atoms with Crippen LogP contribution < -0.4 is 0 Å². The lowest BCUT2D eigenvalue weighted by molar-refractivity contribution is 0.646. The highest BCUT2D eigenvalue weighted by atomic mass is 32.1. The molecule has 0 bridgehead atoms. The summed E-state index contributed by atoms with van der Waals surface area (Å²) in [6, 6.07) is 15.7. The van der Waals surface area contributed by atoms with Crippen molar-refractivity contribution in [1.82, 2.24) is 0 Å². The van der Waals surface area contributed by atoms with Crippen LogP contribution in [0, 0.1) is 0 Å². The molecule has 0 N–H and O–H groups in total. The van der Waals surface area contributed by atoms with E-state index in [9.17, 15) is 0 Å². The lowest BCUT2D eigenvalue weighted by Crippen LogP contribution is -2.18. The summed E-state index contributed by atoms with van der Waals surface area (Å²) in [6.07, 6.45) is 1.15. The first-order valence-corrected chi connectivity index (χ1v) is 9.00. The Hall–Kier alpha value is -1.64. The molecule has 0 saturated heterocycles. The Balaban J connectivity index is 1.93. The number of thiophene rings is 2. The van der Waals surface area contributed by atoms with E-state index >= 15 is 0 Å². The largest absolute Gasteiger partial charge is 0.144 e. The minimum absolute atomic E-state index is 0.165. The van der Waals surface area contributed by atoms with Gasteiger partial charge in [0.15, 0.2) is 0 Å². The summed E-state index contributed by atoms with van der Waals surface area (Å²) < 4.78 is 0. The molecule has 1 aromatic carbocycles. The molecular formula is C19H14S2. The number of hydrogen-bond acceptors (Lipinski definition) is 2. The molecule has 1 unspecified atom stereocenters. The second-order valence-electron chi connectivity index (χ2n) is 6.06. The third-order valence-corrected chi connectivity index (χ3v) is 6.74. The highest BCUT2D eigenvalue weighted by Gasteiger charge is 2.47. The molecule has 2 aliphatic rings. The highest BCUT2D eigenvalue weighted by Crippen LogP contribution is 2.60. The summed E-state index contributed by atoms with van der Waals surface area (Å²) in [6.45, 7) is 2.43. The average Bonchev–Trinajstić information content (AvgIpc) is 3.20. The molecule has 0 fully saturated rings. The van der Waals surface area contributed by atoms with E-state index in [0.717, 1.165) is 6.42 Å². The predicted molar refractivity (Wildman–Crippen MR) is 92.1 cm³/mol. The molecule has 0 spiro atoms. The number of allylic oxidation sites excluding steroid dienone is 1. The Labute approximate surface area is 132 Å². The van der Waals surface area contributed by atoms with E-state index in [1.807, 2.05) is 22.7 Å². The summed E-state index contributed by atoms with van der Waals surface area (Å²) in [4.78, 5) is 2.92.